The molecule has 1 heterocycles. The molecule has 0 unspecified atom stereocenters. The van der Waals surface area contributed by atoms with E-state index in [2.05, 4.69) is 10.3 Å². The number of amides is 1. The number of fused-ring (bicyclic) bond motifs is 1. The van der Waals surface area contributed by atoms with Crippen LogP contribution >= 0.6 is 23.4 Å². The smallest absolute Gasteiger partial charge is 0.264 e. The number of rotatable bonds is 2. The summed E-state index contributed by atoms with van der Waals surface area (Å²) < 4.78 is 0. The van der Waals surface area contributed by atoms with Crippen LogP contribution in [-0.2, 0) is 4.79 Å². The fraction of sp³-hybridized carbons (Fsp3) is 0. The Morgan fingerprint density at radius 1 is 0.960 bits per heavy atom. The molecule has 0 aromatic heterocycles. The summed E-state index contributed by atoms with van der Waals surface area (Å²) in [5.41, 5.74) is 1.77. The van der Waals surface area contributed by atoms with Gasteiger partial charge in [0, 0.05) is 10.4 Å². The van der Waals surface area contributed by atoms with Gasteiger partial charge in [-0.1, -0.05) is 60.1 Å². The van der Waals surface area contributed by atoms with Crippen molar-refractivity contribution in [1.29, 1.82) is 0 Å². The maximum Gasteiger partial charge on any atom is 0.264 e. The maximum absolute atomic E-state index is 12.2. The molecule has 0 aliphatic carbocycles. The van der Waals surface area contributed by atoms with Crippen molar-refractivity contribution in [3.63, 3.8) is 0 Å². The highest BCUT2D eigenvalue weighted by atomic mass is 35.5. The Kier molecular flexibility index (Phi) is 4.30. The number of carbonyl (C=O) groups is 1. The summed E-state index contributed by atoms with van der Waals surface area (Å²) in [6.07, 6.45) is 1.84. The Labute approximate surface area is 154 Å². The van der Waals surface area contributed by atoms with Gasteiger partial charge in [0.05, 0.1) is 10.6 Å². The minimum atomic E-state index is -0.140. The van der Waals surface area contributed by atoms with Gasteiger partial charge >= 0.3 is 0 Å². The highest BCUT2D eigenvalue weighted by Crippen LogP contribution is 2.31. The lowest BCUT2D eigenvalue weighted by molar-refractivity contribution is -0.115. The van der Waals surface area contributed by atoms with E-state index in [1.165, 1.54) is 11.8 Å². The van der Waals surface area contributed by atoms with Gasteiger partial charge in [-0.15, -0.1) is 0 Å². The van der Waals surface area contributed by atoms with Crippen LogP contribution in [0.5, 0.6) is 0 Å². The molecule has 3 aromatic carbocycles. The third-order valence-corrected chi connectivity index (χ3v) is 4.97. The van der Waals surface area contributed by atoms with Crippen molar-refractivity contribution in [3.05, 3.63) is 82.2 Å². The highest BCUT2D eigenvalue weighted by Gasteiger charge is 2.23. The minimum Gasteiger partial charge on any atom is -0.300 e. The van der Waals surface area contributed by atoms with Gasteiger partial charge in [-0.3, -0.25) is 4.79 Å². The van der Waals surface area contributed by atoms with Crippen LogP contribution in [0.4, 0.5) is 5.69 Å². The zero-order chi connectivity index (χ0) is 17.2. The zero-order valence-corrected chi connectivity index (χ0v) is 14.6. The number of halogens is 1. The Morgan fingerprint density at radius 2 is 1.72 bits per heavy atom. The summed E-state index contributed by atoms with van der Waals surface area (Å²) in [7, 11) is 0. The first-order valence-electron chi connectivity index (χ1n) is 7.72. The first-order valence-corrected chi connectivity index (χ1v) is 8.91. The Balaban J connectivity index is 1.65. The lowest BCUT2D eigenvalue weighted by Gasteiger charge is -2.02. The van der Waals surface area contributed by atoms with E-state index in [1.54, 1.807) is 12.1 Å². The second-order valence-electron chi connectivity index (χ2n) is 5.53. The number of hydrogen-bond acceptors (Lipinski definition) is 3. The van der Waals surface area contributed by atoms with Crippen LogP contribution in [0.1, 0.15) is 5.56 Å². The predicted octanol–water partition coefficient (Wildman–Crippen LogP) is 5.38. The second kappa shape index (κ2) is 6.75. The van der Waals surface area contributed by atoms with Crippen molar-refractivity contribution in [2.24, 2.45) is 4.99 Å². The Hall–Kier alpha value is -2.56. The molecule has 0 bridgehead atoms. The Morgan fingerprint density at radius 3 is 2.56 bits per heavy atom. The summed E-state index contributed by atoms with van der Waals surface area (Å²) in [4.78, 5) is 17.4. The van der Waals surface area contributed by atoms with Crippen LogP contribution in [0, 0.1) is 0 Å². The summed E-state index contributed by atoms with van der Waals surface area (Å²) in [6, 6.07) is 21.4. The second-order valence-corrected chi connectivity index (χ2v) is 7.00. The van der Waals surface area contributed by atoms with Crippen LogP contribution in [0.15, 0.2) is 76.6 Å². The number of thioether (sulfide) groups is 1. The first kappa shape index (κ1) is 15.9. The lowest BCUT2D eigenvalue weighted by Crippen LogP contribution is -2.19. The maximum atomic E-state index is 12.2. The summed E-state index contributed by atoms with van der Waals surface area (Å²) >= 11 is 7.23. The van der Waals surface area contributed by atoms with Gasteiger partial charge < -0.3 is 5.32 Å². The fourth-order valence-electron chi connectivity index (χ4n) is 2.61. The molecule has 1 saturated heterocycles. The molecule has 1 fully saturated rings. The van der Waals surface area contributed by atoms with Crippen LogP contribution in [0.2, 0.25) is 5.02 Å². The molecule has 122 valence electrons. The largest absolute Gasteiger partial charge is 0.300 e. The molecule has 0 spiro atoms. The highest BCUT2D eigenvalue weighted by molar-refractivity contribution is 8.18. The number of nitrogens with one attached hydrogen (secondary N) is 1. The van der Waals surface area contributed by atoms with Crippen LogP contribution in [-0.4, -0.2) is 11.1 Å². The van der Waals surface area contributed by atoms with E-state index in [9.17, 15) is 4.79 Å². The predicted molar refractivity (Wildman–Crippen MR) is 106 cm³/mol. The van der Waals surface area contributed by atoms with Crippen LogP contribution < -0.4 is 5.32 Å². The molecule has 3 nitrogen and oxygen atoms in total. The van der Waals surface area contributed by atoms with Crippen molar-refractivity contribution in [2.75, 3.05) is 0 Å². The molecule has 25 heavy (non-hydrogen) atoms. The van der Waals surface area contributed by atoms with Gasteiger partial charge in [-0.05, 0) is 47.0 Å². The number of aliphatic imine (C=N–C) groups is 1. The topological polar surface area (TPSA) is 41.5 Å². The lowest BCUT2D eigenvalue weighted by atomic mass is 10.1. The quantitative estimate of drug-likeness (QED) is 0.620. The van der Waals surface area contributed by atoms with E-state index < -0.39 is 0 Å². The Bertz CT molecular complexity index is 1020. The molecule has 4 rings (SSSR count). The van der Waals surface area contributed by atoms with Crippen molar-refractivity contribution in [1.82, 2.24) is 5.32 Å². The normalized spacial score (nSPS) is 17.4. The van der Waals surface area contributed by atoms with Crippen molar-refractivity contribution < 1.29 is 4.79 Å². The number of benzene rings is 3. The molecule has 0 radical (unpaired) electrons. The number of nitrogens with zero attached hydrogens (tertiary/aromatic N) is 1. The summed E-state index contributed by atoms with van der Waals surface area (Å²) in [5, 5.41) is 6.26. The average Bonchev–Trinajstić information content (AvgIpc) is 2.96. The summed E-state index contributed by atoms with van der Waals surface area (Å²) in [6.45, 7) is 0. The minimum absolute atomic E-state index is 0.140. The number of hydrogen-bond donors (Lipinski definition) is 1. The molecule has 1 amide bonds. The average molecular weight is 365 g/mol. The van der Waals surface area contributed by atoms with Gasteiger partial charge in [-0.25, -0.2) is 4.99 Å². The standard InChI is InChI=1S/C20H13ClN2OS/c21-15-10-8-13(9-11-15)12-18-19(24)23-20(25-18)22-17-7-3-5-14-4-1-2-6-16(14)17/h1-12H,(H,22,23,24)/b18-12-. The number of carbonyl (C=O) groups excluding carboxylic acids is 1. The van der Waals surface area contributed by atoms with Gasteiger partial charge in [0.2, 0.25) is 0 Å². The third-order valence-electron chi connectivity index (χ3n) is 3.81. The van der Waals surface area contributed by atoms with E-state index >= 15 is 0 Å². The van der Waals surface area contributed by atoms with Gasteiger partial charge in [0.1, 0.15) is 0 Å². The summed E-state index contributed by atoms with van der Waals surface area (Å²) in [5.74, 6) is -0.140. The van der Waals surface area contributed by atoms with E-state index in [1.807, 2.05) is 60.7 Å². The molecule has 0 atom stereocenters. The molecule has 3 aromatic rings. The van der Waals surface area contributed by atoms with Crippen molar-refractivity contribution in [3.8, 4) is 0 Å². The van der Waals surface area contributed by atoms with Gasteiger partial charge in [0.25, 0.3) is 5.91 Å². The molecular weight excluding hydrogens is 352 g/mol. The van der Waals surface area contributed by atoms with E-state index in [-0.39, 0.29) is 5.91 Å². The van der Waals surface area contributed by atoms with Gasteiger partial charge in [0.15, 0.2) is 5.17 Å². The van der Waals surface area contributed by atoms with E-state index in [0.29, 0.717) is 15.1 Å². The SMILES string of the molecule is O=C1NC(=Nc2cccc3ccccc23)S/C1=C\c1ccc(Cl)cc1. The van der Waals surface area contributed by atoms with Crippen LogP contribution in [0.3, 0.4) is 0 Å². The van der Waals surface area contributed by atoms with E-state index in [0.717, 1.165) is 22.0 Å². The molecule has 5 heteroatoms. The van der Waals surface area contributed by atoms with Gasteiger partial charge in [-0.2, -0.15) is 0 Å². The fourth-order valence-corrected chi connectivity index (χ4v) is 3.57. The van der Waals surface area contributed by atoms with Crippen molar-refractivity contribution >= 4 is 57.0 Å². The zero-order valence-electron chi connectivity index (χ0n) is 13.1. The van der Waals surface area contributed by atoms with Crippen molar-refractivity contribution in [2.45, 2.75) is 0 Å². The van der Waals surface area contributed by atoms with E-state index in [4.69, 9.17) is 11.6 Å². The first-order chi connectivity index (χ1) is 12.2. The molecule has 1 N–H and O–H groups in total. The molecule has 0 saturated carbocycles. The molecule has 1 aliphatic heterocycles. The number of amidine groups is 1. The monoisotopic (exact) mass is 364 g/mol. The third kappa shape index (κ3) is 3.45. The molecule has 1 aliphatic rings. The van der Waals surface area contributed by atoms with Crippen LogP contribution in [0.25, 0.3) is 16.8 Å². The molecular formula is C20H13ClN2OS.